The third-order valence-electron chi connectivity index (χ3n) is 6.22. The maximum atomic E-state index is 12.4. The van der Waals surface area contributed by atoms with Crippen LogP contribution >= 0.6 is 0 Å². The summed E-state index contributed by atoms with van der Waals surface area (Å²) in [6.45, 7) is 15.9. The number of anilines is 1. The van der Waals surface area contributed by atoms with E-state index < -0.39 is 8.32 Å². The maximum Gasteiger partial charge on any atom is 0.250 e. The number of pyridine rings is 1. The Bertz CT molecular complexity index is 1060. The Morgan fingerprint density at radius 2 is 1.79 bits per heavy atom. The van der Waals surface area contributed by atoms with E-state index in [1.807, 2.05) is 30.5 Å². The summed E-state index contributed by atoms with van der Waals surface area (Å²) < 4.78 is 8.06. The van der Waals surface area contributed by atoms with Crippen molar-refractivity contribution in [3.05, 3.63) is 71.7 Å². The highest BCUT2D eigenvalue weighted by molar-refractivity contribution is 6.74. The first-order valence-corrected chi connectivity index (χ1v) is 14.4. The highest BCUT2D eigenvalue weighted by atomic mass is 28.4. The molecule has 0 atom stereocenters. The zero-order chi connectivity index (χ0) is 24.2. The van der Waals surface area contributed by atoms with E-state index in [-0.39, 0.29) is 10.9 Å². The summed E-state index contributed by atoms with van der Waals surface area (Å²) in [5, 5.41) is 7.47. The molecule has 1 amide bonds. The minimum atomic E-state index is -1.88. The Hall–Kier alpha value is -2.93. The summed E-state index contributed by atoms with van der Waals surface area (Å²) >= 11 is 0. The lowest BCUT2D eigenvalue weighted by Crippen LogP contribution is -2.43. The van der Waals surface area contributed by atoms with Crippen molar-refractivity contribution >= 4 is 20.0 Å². The normalized spacial score (nSPS) is 12.1. The van der Waals surface area contributed by atoms with Crippen molar-refractivity contribution in [2.75, 3.05) is 5.32 Å². The van der Waals surface area contributed by atoms with E-state index in [2.05, 4.69) is 75.2 Å². The fraction of sp³-hybridized carbons (Fsp3) is 0.423. The highest BCUT2D eigenvalue weighted by Gasteiger charge is 2.39. The molecule has 2 aromatic heterocycles. The predicted octanol–water partition coefficient (Wildman–Crippen LogP) is 6.02. The summed E-state index contributed by atoms with van der Waals surface area (Å²) in [5.74, 6) is 1.74. The molecule has 6 nitrogen and oxygen atoms in total. The summed E-state index contributed by atoms with van der Waals surface area (Å²) in [6.07, 6.45) is 3.95. The van der Waals surface area contributed by atoms with Gasteiger partial charge >= 0.3 is 0 Å². The zero-order valence-electron chi connectivity index (χ0n) is 20.8. The molecule has 0 aliphatic rings. The Kier molecular flexibility index (Phi) is 7.42. The van der Waals surface area contributed by atoms with Gasteiger partial charge in [-0.15, -0.1) is 0 Å². The molecule has 1 N–H and O–H groups in total. The van der Waals surface area contributed by atoms with E-state index in [1.165, 1.54) is 5.56 Å². The molecule has 0 bridgehead atoms. The third-order valence-corrected chi connectivity index (χ3v) is 10.6. The van der Waals surface area contributed by atoms with Gasteiger partial charge in [0.1, 0.15) is 5.75 Å². The molecule has 3 aromatic rings. The van der Waals surface area contributed by atoms with Crippen LogP contribution in [0.15, 0.2) is 54.9 Å². The number of hydrogen-bond acceptors (Lipinski definition) is 4. The van der Waals surface area contributed by atoms with Crippen molar-refractivity contribution in [3.8, 4) is 5.75 Å². The van der Waals surface area contributed by atoms with Gasteiger partial charge in [-0.2, -0.15) is 5.10 Å². The number of hydrogen-bond donors (Lipinski definition) is 1. The van der Waals surface area contributed by atoms with Crippen LogP contribution in [0.4, 0.5) is 5.82 Å². The molecular formula is C26H36N4O2Si. The standard InChI is InChI=1S/C26H36N4O2Si/c1-19(2)21-10-8-20(9-11-21)16-25(31)28-24-14-15-30(29-24)18-22-12-13-23(17-27-22)32-33(6,7)26(3,4)5/h8-15,17,19H,16,18H2,1-7H3,(H,28,29,31). The van der Waals surface area contributed by atoms with E-state index in [0.717, 1.165) is 17.0 Å². The molecule has 0 aliphatic heterocycles. The smallest absolute Gasteiger partial charge is 0.250 e. The zero-order valence-corrected chi connectivity index (χ0v) is 21.8. The lowest BCUT2D eigenvalue weighted by atomic mass is 10.0. The number of benzene rings is 1. The number of carbonyl (C=O) groups is 1. The molecule has 0 saturated carbocycles. The van der Waals surface area contributed by atoms with Crippen molar-refractivity contribution < 1.29 is 9.22 Å². The van der Waals surface area contributed by atoms with Gasteiger partial charge in [0.05, 0.1) is 24.9 Å². The lowest BCUT2D eigenvalue weighted by Gasteiger charge is -2.36. The third kappa shape index (κ3) is 6.77. The fourth-order valence-corrected chi connectivity index (χ4v) is 4.10. The Morgan fingerprint density at radius 3 is 2.36 bits per heavy atom. The minimum Gasteiger partial charge on any atom is -0.542 e. The van der Waals surface area contributed by atoms with Gasteiger partial charge in [-0.3, -0.25) is 14.5 Å². The van der Waals surface area contributed by atoms with Crippen molar-refractivity contribution in [2.45, 2.75) is 71.6 Å². The van der Waals surface area contributed by atoms with Gasteiger partial charge in [0, 0.05) is 12.3 Å². The minimum absolute atomic E-state index is 0.0807. The first-order chi connectivity index (χ1) is 15.4. The topological polar surface area (TPSA) is 69.0 Å². The average Bonchev–Trinajstić information content (AvgIpc) is 3.15. The van der Waals surface area contributed by atoms with Crippen LogP contribution in [0.25, 0.3) is 0 Å². The molecule has 3 rings (SSSR count). The number of rotatable bonds is 8. The Labute approximate surface area is 198 Å². The first-order valence-electron chi connectivity index (χ1n) is 11.5. The highest BCUT2D eigenvalue weighted by Crippen LogP contribution is 2.37. The van der Waals surface area contributed by atoms with Crippen molar-refractivity contribution in [1.29, 1.82) is 0 Å². The molecule has 7 heteroatoms. The van der Waals surface area contributed by atoms with Gasteiger partial charge in [-0.25, -0.2) is 0 Å². The van der Waals surface area contributed by atoms with Crippen molar-refractivity contribution in [1.82, 2.24) is 14.8 Å². The molecule has 0 radical (unpaired) electrons. The second-order valence-electron chi connectivity index (χ2n) is 10.4. The summed E-state index contributed by atoms with van der Waals surface area (Å²) in [6, 6.07) is 13.9. The van der Waals surface area contributed by atoms with Crippen molar-refractivity contribution in [3.63, 3.8) is 0 Å². The van der Waals surface area contributed by atoms with E-state index in [1.54, 1.807) is 16.9 Å². The second kappa shape index (κ2) is 9.91. The number of aromatic nitrogens is 3. The monoisotopic (exact) mass is 464 g/mol. The van der Waals surface area contributed by atoms with Gasteiger partial charge in [0.15, 0.2) is 5.82 Å². The van der Waals surface area contributed by atoms with Crippen LogP contribution in [0.2, 0.25) is 18.1 Å². The first kappa shape index (κ1) is 24.7. The number of nitrogens with one attached hydrogen (secondary N) is 1. The maximum absolute atomic E-state index is 12.4. The predicted molar refractivity (Wildman–Crippen MR) is 136 cm³/mol. The number of carbonyl (C=O) groups excluding carboxylic acids is 1. The molecule has 1 aromatic carbocycles. The molecule has 176 valence electrons. The van der Waals surface area contributed by atoms with E-state index >= 15 is 0 Å². The molecule has 0 aliphatic carbocycles. The summed E-state index contributed by atoms with van der Waals surface area (Å²) in [4.78, 5) is 16.9. The molecule has 0 fully saturated rings. The van der Waals surface area contributed by atoms with Crippen LogP contribution in [0.5, 0.6) is 5.75 Å². The SMILES string of the molecule is CC(C)c1ccc(CC(=O)Nc2ccn(Cc3ccc(O[Si](C)(C)C(C)(C)C)cn3)n2)cc1. The molecule has 0 unspecified atom stereocenters. The van der Waals surface area contributed by atoms with Crippen LogP contribution < -0.4 is 9.74 Å². The molecular weight excluding hydrogens is 428 g/mol. The van der Waals surface area contributed by atoms with Crippen LogP contribution in [0.3, 0.4) is 0 Å². The van der Waals surface area contributed by atoms with Gasteiger partial charge in [-0.1, -0.05) is 58.9 Å². The Balaban J connectivity index is 1.54. The van der Waals surface area contributed by atoms with E-state index in [4.69, 9.17) is 4.43 Å². The molecule has 2 heterocycles. The van der Waals surface area contributed by atoms with Gasteiger partial charge < -0.3 is 9.74 Å². The van der Waals surface area contributed by atoms with Crippen molar-refractivity contribution in [2.24, 2.45) is 0 Å². The van der Waals surface area contributed by atoms with Crippen LogP contribution in [0.1, 0.15) is 57.4 Å². The molecule has 33 heavy (non-hydrogen) atoms. The lowest BCUT2D eigenvalue weighted by molar-refractivity contribution is -0.115. The van der Waals surface area contributed by atoms with Gasteiger partial charge in [0.2, 0.25) is 5.91 Å². The average molecular weight is 465 g/mol. The van der Waals surface area contributed by atoms with Crippen LogP contribution in [0, 0.1) is 0 Å². The summed E-state index contributed by atoms with van der Waals surface area (Å²) in [5.41, 5.74) is 3.13. The molecule has 0 saturated heterocycles. The number of nitrogens with zero attached hydrogens (tertiary/aromatic N) is 3. The Morgan fingerprint density at radius 1 is 1.09 bits per heavy atom. The van der Waals surface area contributed by atoms with E-state index in [0.29, 0.717) is 24.7 Å². The number of amides is 1. The fourth-order valence-electron chi connectivity index (χ4n) is 3.09. The van der Waals surface area contributed by atoms with Crippen LogP contribution in [-0.4, -0.2) is 29.0 Å². The molecule has 0 spiro atoms. The van der Waals surface area contributed by atoms with Gasteiger partial charge in [0.25, 0.3) is 8.32 Å². The second-order valence-corrected chi connectivity index (χ2v) is 15.1. The summed E-state index contributed by atoms with van der Waals surface area (Å²) in [7, 11) is -1.88. The van der Waals surface area contributed by atoms with E-state index in [9.17, 15) is 4.79 Å². The largest absolute Gasteiger partial charge is 0.542 e. The van der Waals surface area contributed by atoms with Gasteiger partial charge in [-0.05, 0) is 47.3 Å². The van der Waals surface area contributed by atoms with Crippen LogP contribution in [-0.2, 0) is 17.8 Å². The quantitative estimate of drug-likeness (QED) is 0.414.